The van der Waals surface area contributed by atoms with Gasteiger partial charge in [0.2, 0.25) is 0 Å². The zero-order chi connectivity index (χ0) is 15.1. The average Bonchev–Trinajstić information content (AvgIpc) is 2.97. The van der Waals surface area contributed by atoms with Crippen LogP contribution in [0.5, 0.6) is 0 Å². The standard InChI is InChI=1S/C15H16ClFN4/c1-4-20-15-14(10(3)19-20)18-13(8-16)21(15)12-6-5-9(2)7-11(12)17/h5-7H,4,8H2,1-3H3. The first-order valence-corrected chi connectivity index (χ1v) is 7.37. The molecule has 21 heavy (non-hydrogen) atoms. The quantitative estimate of drug-likeness (QED) is 0.691. The Kier molecular flexibility index (Phi) is 3.45. The van der Waals surface area contributed by atoms with E-state index in [0.29, 0.717) is 18.1 Å². The van der Waals surface area contributed by atoms with Crippen LogP contribution in [0.15, 0.2) is 18.2 Å². The molecule has 0 saturated carbocycles. The van der Waals surface area contributed by atoms with Crippen LogP contribution in [0.1, 0.15) is 24.0 Å². The summed E-state index contributed by atoms with van der Waals surface area (Å²) in [5, 5.41) is 4.44. The van der Waals surface area contributed by atoms with Crippen LogP contribution in [0, 0.1) is 19.7 Å². The summed E-state index contributed by atoms with van der Waals surface area (Å²) in [5.41, 5.74) is 3.71. The minimum Gasteiger partial charge on any atom is -0.277 e. The van der Waals surface area contributed by atoms with E-state index in [0.717, 1.165) is 22.4 Å². The van der Waals surface area contributed by atoms with Crippen molar-refractivity contribution in [3.63, 3.8) is 0 Å². The number of fused-ring (bicyclic) bond motifs is 1. The highest BCUT2D eigenvalue weighted by Crippen LogP contribution is 2.26. The van der Waals surface area contributed by atoms with Gasteiger partial charge in [-0.15, -0.1) is 11.6 Å². The van der Waals surface area contributed by atoms with Gasteiger partial charge in [0.05, 0.1) is 17.3 Å². The highest BCUT2D eigenvalue weighted by molar-refractivity contribution is 6.17. The Bertz CT molecular complexity index is 819. The minimum absolute atomic E-state index is 0.213. The minimum atomic E-state index is -0.290. The molecule has 0 N–H and O–H groups in total. The molecule has 0 saturated heterocycles. The van der Waals surface area contributed by atoms with Crippen LogP contribution in [-0.4, -0.2) is 19.3 Å². The van der Waals surface area contributed by atoms with Gasteiger partial charge in [-0.3, -0.25) is 4.57 Å². The van der Waals surface area contributed by atoms with Crippen molar-refractivity contribution in [1.29, 1.82) is 0 Å². The fourth-order valence-electron chi connectivity index (χ4n) is 2.57. The van der Waals surface area contributed by atoms with Gasteiger partial charge in [-0.2, -0.15) is 5.10 Å². The number of alkyl halides is 1. The molecular formula is C15H16ClFN4. The normalized spacial score (nSPS) is 11.5. The maximum atomic E-state index is 14.4. The number of benzene rings is 1. The Morgan fingerprint density at radius 2 is 2.05 bits per heavy atom. The van der Waals surface area contributed by atoms with Crippen LogP contribution in [0.2, 0.25) is 0 Å². The van der Waals surface area contributed by atoms with E-state index in [9.17, 15) is 4.39 Å². The molecule has 0 bridgehead atoms. The summed E-state index contributed by atoms with van der Waals surface area (Å²) >= 11 is 6.01. The van der Waals surface area contributed by atoms with E-state index in [-0.39, 0.29) is 11.7 Å². The fraction of sp³-hybridized carbons (Fsp3) is 0.333. The molecule has 4 nitrogen and oxygen atoms in total. The van der Waals surface area contributed by atoms with Gasteiger partial charge in [0, 0.05) is 6.54 Å². The molecule has 3 aromatic rings. The van der Waals surface area contributed by atoms with Crippen molar-refractivity contribution in [2.45, 2.75) is 33.2 Å². The first-order chi connectivity index (χ1) is 10.1. The van der Waals surface area contributed by atoms with E-state index in [1.54, 1.807) is 10.6 Å². The van der Waals surface area contributed by atoms with Crippen LogP contribution < -0.4 is 0 Å². The summed E-state index contributed by atoms with van der Waals surface area (Å²) in [6.45, 7) is 6.44. The lowest BCUT2D eigenvalue weighted by Gasteiger charge is -2.10. The SMILES string of the molecule is CCn1nc(C)c2nc(CCl)n(-c3ccc(C)cc3F)c21. The summed E-state index contributed by atoms with van der Waals surface area (Å²) in [6.07, 6.45) is 0. The Labute approximate surface area is 127 Å². The third-order valence-electron chi connectivity index (χ3n) is 3.54. The predicted molar refractivity (Wildman–Crippen MR) is 81.5 cm³/mol. The molecule has 6 heteroatoms. The molecule has 0 aliphatic rings. The molecule has 1 aromatic carbocycles. The third-order valence-corrected chi connectivity index (χ3v) is 3.78. The summed E-state index contributed by atoms with van der Waals surface area (Å²) < 4.78 is 18.0. The van der Waals surface area contributed by atoms with Gasteiger partial charge in [-0.05, 0) is 38.5 Å². The molecule has 0 aliphatic heterocycles. The second kappa shape index (κ2) is 5.15. The lowest BCUT2D eigenvalue weighted by atomic mass is 10.2. The molecule has 0 fully saturated rings. The van der Waals surface area contributed by atoms with Gasteiger partial charge in [0.1, 0.15) is 17.2 Å². The first-order valence-electron chi connectivity index (χ1n) is 6.84. The van der Waals surface area contributed by atoms with Crippen molar-refractivity contribution >= 4 is 22.8 Å². The van der Waals surface area contributed by atoms with E-state index in [4.69, 9.17) is 11.6 Å². The van der Waals surface area contributed by atoms with Crippen molar-refractivity contribution in [2.75, 3.05) is 0 Å². The molecule has 0 spiro atoms. The average molecular weight is 307 g/mol. The molecule has 0 atom stereocenters. The lowest BCUT2D eigenvalue weighted by molar-refractivity contribution is 0.610. The monoisotopic (exact) mass is 306 g/mol. The molecular weight excluding hydrogens is 291 g/mol. The van der Waals surface area contributed by atoms with Crippen molar-refractivity contribution in [1.82, 2.24) is 19.3 Å². The molecule has 2 heterocycles. The molecule has 0 unspecified atom stereocenters. The Hall–Kier alpha value is -1.88. The van der Waals surface area contributed by atoms with Crippen molar-refractivity contribution in [3.8, 4) is 5.69 Å². The van der Waals surface area contributed by atoms with Crippen molar-refractivity contribution < 1.29 is 4.39 Å². The Morgan fingerprint density at radius 1 is 1.29 bits per heavy atom. The molecule has 0 amide bonds. The second-order valence-corrected chi connectivity index (χ2v) is 5.29. The molecule has 0 radical (unpaired) electrons. The maximum absolute atomic E-state index is 14.4. The summed E-state index contributed by atoms with van der Waals surface area (Å²) in [7, 11) is 0. The van der Waals surface area contributed by atoms with E-state index in [1.165, 1.54) is 6.07 Å². The van der Waals surface area contributed by atoms with E-state index in [2.05, 4.69) is 10.1 Å². The van der Waals surface area contributed by atoms with Gasteiger partial charge in [0.15, 0.2) is 5.65 Å². The highest BCUT2D eigenvalue weighted by atomic mass is 35.5. The second-order valence-electron chi connectivity index (χ2n) is 5.03. The van der Waals surface area contributed by atoms with E-state index in [1.807, 2.05) is 31.5 Å². The zero-order valence-electron chi connectivity index (χ0n) is 12.2. The zero-order valence-corrected chi connectivity index (χ0v) is 12.9. The Balaban J connectivity index is 2.39. The fourth-order valence-corrected chi connectivity index (χ4v) is 2.75. The molecule has 110 valence electrons. The summed E-state index contributed by atoms with van der Waals surface area (Å²) in [4.78, 5) is 4.52. The smallest absolute Gasteiger partial charge is 0.163 e. The largest absolute Gasteiger partial charge is 0.277 e. The first kappa shape index (κ1) is 14.1. The number of aromatic nitrogens is 4. The number of imidazole rings is 1. The number of rotatable bonds is 3. The van der Waals surface area contributed by atoms with Gasteiger partial charge in [0.25, 0.3) is 0 Å². The predicted octanol–water partition coefficient (Wildman–Crippen LogP) is 3.74. The van der Waals surface area contributed by atoms with Gasteiger partial charge in [-0.1, -0.05) is 6.07 Å². The number of hydrogen-bond acceptors (Lipinski definition) is 2. The van der Waals surface area contributed by atoms with Crippen LogP contribution in [0.3, 0.4) is 0 Å². The van der Waals surface area contributed by atoms with Gasteiger partial charge in [-0.25, -0.2) is 14.1 Å². The molecule has 2 aromatic heterocycles. The van der Waals surface area contributed by atoms with Crippen LogP contribution in [0.4, 0.5) is 4.39 Å². The topological polar surface area (TPSA) is 35.6 Å². The van der Waals surface area contributed by atoms with Crippen LogP contribution >= 0.6 is 11.6 Å². The number of halogens is 2. The van der Waals surface area contributed by atoms with Crippen LogP contribution in [-0.2, 0) is 12.4 Å². The lowest BCUT2D eigenvalue weighted by Crippen LogP contribution is -2.07. The highest BCUT2D eigenvalue weighted by Gasteiger charge is 2.20. The van der Waals surface area contributed by atoms with Gasteiger partial charge < -0.3 is 0 Å². The number of hydrogen-bond donors (Lipinski definition) is 0. The summed E-state index contributed by atoms with van der Waals surface area (Å²) in [5.74, 6) is 0.546. The third kappa shape index (κ3) is 2.12. The number of aryl methyl sites for hydroxylation is 3. The van der Waals surface area contributed by atoms with E-state index < -0.39 is 0 Å². The Morgan fingerprint density at radius 3 is 2.67 bits per heavy atom. The van der Waals surface area contributed by atoms with Gasteiger partial charge >= 0.3 is 0 Å². The maximum Gasteiger partial charge on any atom is 0.163 e. The summed E-state index contributed by atoms with van der Waals surface area (Å²) in [6, 6.07) is 5.14. The van der Waals surface area contributed by atoms with E-state index >= 15 is 0 Å². The number of nitrogens with zero attached hydrogens (tertiary/aromatic N) is 4. The van der Waals surface area contributed by atoms with Crippen molar-refractivity contribution in [2.24, 2.45) is 0 Å². The van der Waals surface area contributed by atoms with Crippen molar-refractivity contribution in [3.05, 3.63) is 41.1 Å². The molecule has 3 rings (SSSR count). The molecule has 0 aliphatic carbocycles. The van der Waals surface area contributed by atoms with Crippen LogP contribution in [0.25, 0.3) is 16.9 Å².